The highest BCUT2D eigenvalue weighted by atomic mass is 15.3. The third-order valence-corrected chi connectivity index (χ3v) is 5.30. The maximum atomic E-state index is 4.89. The Kier molecular flexibility index (Phi) is 3.64. The smallest absolute Gasteiger partial charge is 0.129 e. The van der Waals surface area contributed by atoms with Crippen molar-refractivity contribution in [2.75, 3.05) is 25.0 Å². The van der Waals surface area contributed by atoms with Crippen LogP contribution in [0.5, 0.6) is 0 Å². The van der Waals surface area contributed by atoms with Gasteiger partial charge in [-0.2, -0.15) is 0 Å². The normalized spacial score (nSPS) is 21.8. The van der Waals surface area contributed by atoms with Gasteiger partial charge in [-0.05, 0) is 59.4 Å². The summed E-state index contributed by atoms with van der Waals surface area (Å²) in [7, 11) is 2.25. The quantitative estimate of drug-likeness (QED) is 0.795. The van der Waals surface area contributed by atoms with Crippen LogP contribution >= 0.6 is 0 Å². The van der Waals surface area contributed by atoms with Crippen LogP contribution in [0.4, 0.5) is 5.82 Å². The molecule has 1 fully saturated rings. The van der Waals surface area contributed by atoms with Crippen molar-refractivity contribution in [3.63, 3.8) is 0 Å². The zero-order valence-electron chi connectivity index (χ0n) is 14.4. The number of benzene rings is 1. The van der Waals surface area contributed by atoms with E-state index in [1.54, 1.807) is 0 Å². The van der Waals surface area contributed by atoms with E-state index < -0.39 is 0 Å². The van der Waals surface area contributed by atoms with E-state index in [1.165, 1.54) is 5.39 Å². The van der Waals surface area contributed by atoms with Crippen molar-refractivity contribution >= 4 is 16.7 Å². The Balaban J connectivity index is 1.96. The summed E-state index contributed by atoms with van der Waals surface area (Å²) in [5, 5.41) is 1.21. The first-order chi connectivity index (χ1) is 10.3. The van der Waals surface area contributed by atoms with Gasteiger partial charge in [-0.25, -0.2) is 4.98 Å². The summed E-state index contributed by atoms with van der Waals surface area (Å²) in [5.74, 6) is 1.10. The van der Waals surface area contributed by atoms with Gasteiger partial charge in [-0.1, -0.05) is 18.2 Å². The third-order valence-electron chi connectivity index (χ3n) is 5.30. The average molecular weight is 297 g/mol. The Morgan fingerprint density at radius 2 is 1.68 bits per heavy atom. The molecule has 1 saturated heterocycles. The minimum Gasteiger partial charge on any atom is -0.355 e. The maximum Gasteiger partial charge on any atom is 0.129 e. The lowest BCUT2D eigenvalue weighted by Gasteiger charge is -2.44. The van der Waals surface area contributed by atoms with E-state index in [0.29, 0.717) is 0 Å². The fourth-order valence-electron chi connectivity index (χ4n) is 3.47. The zero-order valence-corrected chi connectivity index (χ0v) is 14.4. The summed E-state index contributed by atoms with van der Waals surface area (Å²) in [6, 6.07) is 12.7. The molecule has 0 unspecified atom stereocenters. The van der Waals surface area contributed by atoms with Crippen molar-refractivity contribution in [3.8, 4) is 0 Å². The highest BCUT2D eigenvalue weighted by Gasteiger charge is 2.39. The van der Waals surface area contributed by atoms with Crippen LogP contribution in [-0.2, 0) is 0 Å². The molecule has 1 aromatic heterocycles. The molecule has 3 nitrogen and oxygen atoms in total. The lowest BCUT2D eigenvalue weighted by molar-refractivity contribution is 0.0590. The molecule has 118 valence electrons. The highest BCUT2D eigenvalue weighted by Crippen LogP contribution is 2.32. The van der Waals surface area contributed by atoms with Crippen molar-refractivity contribution in [1.29, 1.82) is 0 Å². The first-order valence-corrected chi connectivity index (χ1v) is 8.14. The predicted molar refractivity (Wildman–Crippen MR) is 94.5 cm³/mol. The molecular formula is C19H27N3. The number of likely N-dealkylation sites (N-methyl/N-ethyl adjacent to an activating group) is 1. The van der Waals surface area contributed by atoms with Crippen LogP contribution < -0.4 is 4.90 Å². The monoisotopic (exact) mass is 297 g/mol. The molecule has 1 aliphatic rings. The Hall–Kier alpha value is -1.61. The molecule has 0 N–H and O–H groups in total. The summed E-state index contributed by atoms with van der Waals surface area (Å²) in [5.41, 5.74) is 1.40. The highest BCUT2D eigenvalue weighted by molar-refractivity contribution is 5.80. The largest absolute Gasteiger partial charge is 0.355 e. The molecule has 22 heavy (non-hydrogen) atoms. The van der Waals surface area contributed by atoms with E-state index in [4.69, 9.17) is 4.98 Å². The average Bonchev–Trinajstić information content (AvgIpc) is 2.57. The second-order valence-electron chi connectivity index (χ2n) is 7.72. The van der Waals surface area contributed by atoms with Crippen LogP contribution in [0.15, 0.2) is 36.4 Å². The standard InChI is InChI=1S/C19H27N3/c1-18(2)12-13-22(14-19(3,4)21(18)5)17-11-10-15-8-6-7-9-16(15)20-17/h6-11H,12-14H2,1-5H3. The Morgan fingerprint density at radius 1 is 0.955 bits per heavy atom. The third kappa shape index (κ3) is 2.70. The lowest BCUT2D eigenvalue weighted by atomic mass is 9.93. The van der Waals surface area contributed by atoms with E-state index in [-0.39, 0.29) is 11.1 Å². The van der Waals surface area contributed by atoms with E-state index in [1.807, 2.05) is 0 Å². The minimum atomic E-state index is 0.118. The van der Waals surface area contributed by atoms with Crippen LogP contribution in [0.2, 0.25) is 0 Å². The number of fused-ring (bicyclic) bond motifs is 1. The molecule has 0 saturated carbocycles. The molecular weight excluding hydrogens is 270 g/mol. The first kappa shape index (κ1) is 15.3. The number of aromatic nitrogens is 1. The lowest BCUT2D eigenvalue weighted by Crippen LogP contribution is -2.54. The molecule has 1 aromatic carbocycles. The molecule has 0 radical (unpaired) electrons. The second-order valence-corrected chi connectivity index (χ2v) is 7.72. The van der Waals surface area contributed by atoms with E-state index >= 15 is 0 Å². The summed E-state index contributed by atoms with van der Waals surface area (Å²) < 4.78 is 0. The van der Waals surface area contributed by atoms with Gasteiger partial charge in [0.25, 0.3) is 0 Å². The summed E-state index contributed by atoms with van der Waals surface area (Å²) in [6.07, 6.45) is 1.14. The Morgan fingerprint density at radius 3 is 2.45 bits per heavy atom. The van der Waals surface area contributed by atoms with Gasteiger partial charge in [0.1, 0.15) is 5.82 Å². The zero-order chi connectivity index (χ0) is 16.0. The number of anilines is 1. The minimum absolute atomic E-state index is 0.118. The van der Waals surface area contributed by atoms with Crippen LogP contribution in [0, 0.1) is 0 Å². The molecule has 0 aliphatic carbocycles. The molecule has 3 rings (SSSR count). The summed E-state index contributed by atoms with van der Waals surface area (Å²) in [6.45, 7) is 11.4. The van der Waals surface area contributed by atoms with Crippen LogP contribution in [0.3, 0.4) is 0 Å². The Bertz CT molecular complexity index is 675. The number of nitrogens with zero attached hydrogens (tertiary/aromatic N) is 3. The van der Waals surface area contributed by atoms with Crippen LogP contribution in [-0.4, -0.2) is 41.1 Å². The van der Waals surface area contributed by atoms with Crippen LogP contribution in [0.25, 0.3) is 10.9 Å². The van der Waals surface area contributed by atoms with Gasteiger partial charge in [-0.3, -0.25) is 4.90 Å². The Labute approximate surface area is 133 Å². The van der Waals surface area contributed by atoms with Gasteiger partial charge in [0.2, 0.25) is 0 Å². The molecule has 0 amide bonds. The molecule has 2 aromatic rings. The van der Waals surface area contributed by atoms with Gasteiger partial charge in [0, 0.05) is 29.6 Å². The van der Waals surface area contributed by atoms with Crippen molar-refractivity contribution < 1.29 is 0 Å². The molecule has 0 bridgehead atoms. The molecule has 2 heterocycles. The van der Waals surface area contributed by atoms with E-state index in [2.05, 4.69) is 80.9 Å². The fraction of sp³-hybridized carbons (Fsp3) is 0.526. The van der Waals surface area contributed by atoms with E-state index in [9.17, 15) is 0 Å². The fourth-order valence-corrected chi connectivity index (χ4v) is 3.47. The number of para-hydroxylation sites is 1. The number of pyridine rings is 1. The van der Waals surface area contributed by atoms with Gasteiger partial charge >= 0.3 is 0 Å². The van der Waals surface area contributed by atoms with E-state index in [0.717, 1.165) is 30.8 Å². The van der Waals surface area contributed by atoms with Crippen molar-refractivity contribution in [1.82, 2.24) is 9.88 Å². The molecule has 0 atom stereocenters. The van der Waals surface area contributed by atoms with Gasteiger partial charge in [-0.15, -0.1) is 0 Å². The molecule has 1 aliphatic heterocycles. The number of hydrogen-bond acceptors (Lipinski definition) is 3. The van der Waals surface area contributed by atoms with Crippen molar-refractivity contribution in [2.24, 2.45) is 0 Å². The second kappa shape index (κ2) is 5.24. The van der Waals surface area contributed by atoms with Gasteiger partial charge in [0.05, 0.1) is 5.52 Å². The van der Waals surface area contributed by atoms with Gasteiger partial charge < -0.3 is 4.90 Å². The summed E-state index contributed by atoms with van der Waals surface area (Å²) in [4.78, 5) is 9.84. The number of rotatable bonds is 1. The number of hydrogen-bond donors (Lipinski definition) is 0. The first-order valence-electron chi connectivity index (χ1n) is 8.14. The van der Waals surface area contributed by atoms with Crippen molar-refractivity contribution in [3.05, 3.63) is 36.4 Å². The summed E-state index contributed by atoms with van der Waals surface area (Å²) >= 11 is 0. The topological polar surface area (TPSA) is 19.4 Å². The predicted octanol–water partition coefficient (Wildman–Crippen LogP) is 3.93. The SMILES string of the molecule is CN1C(C)(C)CCN(c2ccc3ccccc3n2)CC1(C)C. The molecule has 0 spiro atoms. The molecule has 3 heteroatoms. The van der Waals surface area contributed by atoms with Crippen LogP contribution in [0.1, 0.15) is 34.1 Å². The van der Waals surface area contributed by atoms with Gasteiger partial charge in [0.15, 0.2) is 0 Å². The van der Waals surface area contributed by atoms with Crippen molar-refractivity contribution in [2.45, 2.75) is 45.2 Å². The maximum absolute atomic E-state index is 4.89.